The van der Waals surface area contributed by atoms with Gasteiger partial charge in [-0.15, -0.1) is 6.58 Å². The minimum atomic E-state index is -0.249. The third kappa shape index (κ3) is 1.66. The SMILES string of the molecule is C=CCC1=CC(=O)C(OC)=C(C)C1=O. The number of carbonyl (C=O) groups excluding carboxylic acids is 2. The second-order valence-corrected chi connectivity index (χ2v) is 3.01. The number of ether oxygens (including phenoxy) is 1. The second-order valence-electron chi connectivity index (χ2n) is 3.01. The molecule has 74 valence electrons. The van der Waals surface area contributed by atoms with Gasteiger partial charge in [0.1, 0.15) is 0 Å². The van der Waals surface area contributed by atoms with E-state index in [1.54, 1.807) is 13.0 Å². The Balaban J connectivity index is 3.08. The van der Waals surface area contributed by atoms with Gasteiger partial charge in [-0.2, -0.15) is 0 Å². The van der Waals surface area contributed by atoms with Crippen molar-refractivity contribution < 1.29 is 14.3 Å². The van der Waals surface area contributed by atoms with Crippen LogP contribution in [0.4, 0.5) is 0 Å². The fourth-order valence-electron chi connectivity index (χ4n) is 1.38. The lowest BCUT2D eigenvalue weighted by molar-refractivity contribution is -0.118. The van der Waals surface area contributed by atoms with E-state index in [2.05, 4.69) is 6.58 Å². The van der Waals surface area contributed by atoms with Crippen LogP contribution < -0.4 is 0 Å². The minimum absolute atomic E-state index is 0.138. The van der Waals surface area contributed by atoms with Crippen LogP contribution in [0.3, 0.4) is 0 Å². The summed E-state index contributed by atoms with van der Waals surface area (Å²) in [6.45, 7) is 5.12. The lowest BCUT2D eigenvalue weighted by Crippen LogP contribution is -2.18. The van der Waals surface area contributed by atoms with Crippen LogP contribution in [0.1, 0.15) is 13.3 Å². The molecule has 0 spiro atoms. The molecular formula is C11H12O3. The molecule has 0 bridgehead atoms. The Morgan fingerprint density at radius 3 is 2.64 bits per heavy atom. The first kappa shape index (κ1) is 10.4. The van der Waals surface area contributed by atoms with Crippen molar-refractivity contribution in [3.05, 3.63) is 35.6 Å². The quantitative estimate of drug-likeness (QED) is 0.503. The van der Waals surface area contributed by atoms with Crippen LogP contribution in [0.2, 0.25) is 0 Å². The summed E-state index contributed by atoms with van der Waals surface area (Å²) in [5, 5.41) is 0. The maximum absolute atomic E-state index is 11.6. The minimum Gasteiger partial charge on any atom is -0.492 e. The van der Waals surface area contributed by atoms with Crippen molar-refractivity contribution in [1.82, 2.24) is 0 Å². The van der Waals surface area contributed by atoms with E-state index in [0.29, 0.717) is 17.6 Å². The van der Waals surface area contributed by atoms with Gasteiger partial charge in [0.25, 0.3) is 0 Å². The monoisotopic (exact) mass is 192 g/mol. The Labute approximate surface area is 82.8 Å². The molecule has 1 rings (SSSR count). The topological polar surface area (TPSA) is 43.4 Å². The largest absolute Gasteiger partial charge is 0.492 e. The van der Waals surface area contributed by atoms with Gasteiger partial charge in [-0.05, 0) is 19.4 Å². The molecule has 0 N–H and O–H groups in total. The van der Waals surface area contributed by atoms with Crippen LogP contribution in [0, 0.1) is 0 Å². The highest BCUT2D eigenvalue weighted by atomic mass is 16.5. The van der Waals surface area contributed by atoms with Crippen molar-refractivity contribution in [1.29, 1.82) is 0 Å². The van der Waals surface area contributed by atoms with E-state index in [1.165, 1.54) is 13.2 Å². The molecule has 0 atom stereocenters. The van der Waals surface area contributed by atoms with Crippen molar-refractivity contribution in [3.8, 4) is 0 Å². The number of methoxy groups -OCH3 is 1. The maximum Gasteiger partial charge on any atom is 0.221 e. The molecule has 1 aliphatic rings. The molecule has 0 saturated heterocycles. The van der Waals surface area contributed by atoms with Gasteiger partial charge < -0.3 is 4.74 Å². The van der Waals surface area contributed by atoms with E-state index in [9.17, 15) is 9.59 Å². The summed E-state index contributed by atoms with van der Waals surface area (Å²) >= 11 is 0. The summed E-state index contributed by atoms with van der Waals surface area (Å²) in [6, 6.07) is 0. The van der Waals surface area contributed by atoms with Gasteiger partial charge >= 0.3 is 0 Å². The molecule has 0 aromatic heterocycles. The normalized spacial score (nSPS) is 16.9. The highest BCUT2D eigenvalue weighted by molar-refractivity contribution is 6.21. The molecule has 0 aromatic carbocycles. The number of Topliss-reactive ketones (excluding diaryl/α,β-unsaturated/α-hetero) is 1. The molecule has 0 radical (unpaired) electrons. The highest BCUT2D eigenvalue weighted by Crippen LogP contribution is 2.21. The van der Waals surface area contributed by atoms with E-state index >= 15 is 0 Å². The molecule has 1 aliphatic carbocycles. The molecule has 14 heavy (non-hydrogen) atoms. The van der Waals surface area contributed by atoms with Crippen LogP contribution in [0.5, 0.6) is 0 Å². The van der Waals surface area contributed by atoms with Crippen molar-refractivity contribution >= 4 is 11.6 Å². The van der Waals surface area contributed by atoms with Gasteiger partial charge in [0, 0.05) is 11.1 Å². The summed E-state index contributed by atoms with van der Waals surface area (Å²) in [5.41, 5.74) is 0.847. The molecule has 3 heteroatoms. The lowest BCUT2D eigenvalue weighted by atomic mass is 9.93. The first-order valence-corrected chi connectivity index (χ1v) is 4.27. The number of hydrogen-bond acceptors (Lipinski definition) is 3. The molecule has 0 heterocycles. The zero-order valence-electron chi connectivity index (χ0n) is 8.29. The van der Waals surface area contributed by atoms with Crippen LogP contribution in [0.25, 0.3) is 0 Å². The second kappa shape index (κ2) is 4.05. The van der Waals surface area contributed by atoms with E-state index in [4.69, 9.17) is 4.74 Å². The fourth-order valence-corrected chi connectivity index (χ4v) is 1.38. The number of carbonyl (C=O) groups is 2. The molecule has 0 unspecified atom stereocenters. The van der Waals surface area contributed by atoms with Crippen molar-refractivity contribution in [3.63, 3.8) is 0 Å². The smallest absolute Gasteiger partial charge is 0.221 e. The molecule has 0 amide bonds. The number of hydrogen-bond donors (Lipinski definition) is 0. The van der Waals surface area contributed by atoms with E-state index in [-0.39, 0.29) is 17.3 Å². The Hall–Kier alpha value is -1.64. The van der Waals surface area contributed by atoms with Gasteiger partial charge in [0.15, 0.2) is 11.5 Å². The molecule has 0 saturated carbocycles. The van der Waals surface area contributed by atoms with E-state index < -0.39 is 0 Å². The standard InChI is InChI=1S/C11H12O3/c1-4-5-8-6-9(12)11(14-3)7(2)10(8)13/h4,6H,1,5H2,2-3H3. The average molecular weight is 192 g/mol. The molecule has 0 aromatic rings. The summed E-state index contributed by atoms with van der Waals surface area (Å²) < 4.78 is 4.85. The molecule has 3 nitrogen and oxygen atoms in total. The van der Waals surface area contributed by atoms with Crippen molar-refractivity contribution in [2.45, 2.75) is 13.3 Å². The van der Waals surface area contributed by atoms with Crippen LogP contribution >= 0.6 is 0 Å². The van der Waals surface area contributed by atoms with Crippen LogP contribution in [-0.4, -0.2) is 18.7 Å². The number of allylic oxidation sites excluding steroid dienone is 4. The van der Waals surface area contributed by atoms with Gasteiger partial charge in [0.2, 0.25) is 5.78 Å². The summed E-state index contributed by atoms with van der Waals surface area (Å²) in [6.07, 6.45) is 3.33. The third-order valence-electron chi connectivity index (χ3n) is 2.07. The van der Waals surface area contributed by atoms with Gasteiger partial charge in [-0.3, -0.25) is 9.59 Å². The van der Waals surface area contributed by atoms with Gasteiger partial charge in [-0.1, -0.05) is 6.08 Å². The van der Waals surface area contributed by atoms with E-state index in [0.717, 1.165) is 0 Å². The number of ketones is 2. The molecular weight excluding hydrogens is 180 g/mol. The van der Waals surface area contributed by atoms with Gasteiger partial charge in [-0.25, -0.2) is 0 Å². The molecule has 0 fully saturated rings. The van der Waals surface area contributed by atoms with Crippen molar-refractivity contribution in [2.75, 3.05) is 7.11 Å². The predicted molar refractivity (Wildman–Crippen MR) is 52.6 cm³/mol. The summed E-state index contributed by atoms with van der Waals surface area (Å²) in [5.74, 6) is -0.245. The van der Waals surface area contributed by atoms with Gasteiger partial charge in [0.05, 0.1) is 7.11 Å². The first-order valence-electron chi connectivity index (χ1n) is 4.27. The predicted octanol–water partition coefficient (Wildman–Crippen LogP) is 1.56. The summed E-state index contributed by atoms with van der Waals surface area (Å²) in [7, 11) is 1.39. The zero-order valence-corrected chi connectivity index (χ0v) is 8.29. The van der Waals surface area contributed by atoms with Crippen LogP contribution in [-0.2, 0) is 14.3 Å². The molecule has 0 aliphatic heterocycles. The zero-order chi connectivity index (χ0) is 10.7. The van der Waals surface area contributed by atoms with Crippen LogP contribution in [0.15, 0.2) is 35.6 Å². The highest BCUT2D eigenvalue weighted by Gasteiger charge is 2.25. The first-order chi connectivity index (χ1) is 6.61. The summed E-state index contributed by atoms with van der Waals surface area (Å²) in [4.78, 5) is 23.0. The third-order valence-corrected chi connectivity index (χ3v) is 2.07. The Bertz CT molecular complexity index is 359. The lowest BCUT2D eigenvalue weighted by Gasteiger charge is -2.14. The maximum atomic E-state index is 11.6. The average Bonchev–Trinajstić information content (AvgIpc) is 2.15. The Morgan fingerprint density at radius 1 is 1.50 bits per heavy atom. The fraction of sp³-hybridized carbons (Fsp3) is 0.273. The Morgan fingerprint density at radius 2 is 2.14 bits per heavy atom. The van der Waals surface area contributed by atoms with Crippen molar-refractivity contribution in [2.24, 2.45) is 0 Å². The number of rotatable bonds is 3. The Kier molecular flexibility index (Phi) is 3.02. The van der Waals surface area contributed by atoms with E-state index in [1.807, 2.05) is 0 Å².